The number of ether oxygens (including phenoxy) is 2. The Balaban J connectivity index is 2.21. The maximum atomic E-state index is 12.5. The standard InChI is InChI=1S/C15H18O5/c1-9(16)20-15-8-5-10-3-4-11(15)12(17)6-7-14(10,15)13(18)19-2/h6-7,10-11H,3-5,8H2,1-2H3/t10-,11?,14-,15?/m1/s1. The van der Waals surface area contributed by atoms with Crippen molar-refractivity contribution >= 4 is 17.7 Å². The number of methoxy groups -OCH3 is 1. The fraction of sp³-hybridized carbons (Fsp3) is 0.667. The normalized spacial score (nSPS) is 41.4. The Morgan fingerprint density at radius 2 is 2.05 bits per heavy atom. The average Bonchev–Trinajstić information content (AvgIpc) is 2.57. The molecule has 3 rings (SSSR count). The van der Waals surface area contributed by atoms with E-state index in [9.17, 15) is 14.4 Å². The zero-order valence-electron chi connectivity index (χ0n) is 11.7. The molecule has 0 aromatic heterocycles. The first-order valence-corrected chi connectivity index (χ1v) is 6.99. The summed E-state index contributed by atoms with van der Waals surface area (Å²) in [6, 6.07) is 0. The summed E-state index contributed by atoms with van der Waals surface area (Å²) in [6.45, 7) is 1.32. The van der Waals surface area contributed by atoms with Crippen molar-refractivity contribution in [3.63, 3.8) is 0 Å². The third kappa shape index (κ3) is 1.35. The Bertz CT molecular complexity index is 522. The molecule has 3 aliphatic rings. The second-order valence-corrected chi connectivity index (χ2v) is 5.94. The largest absolute Gasteiger partial charge is 0.468 e. The molecule has 3 aliphatic carbocycles. The van der Waals surface area contributed by atoms with Gasteiger partial charge in [0.25, 0.3) is 0 Å². The van der Waals surface area contributed by atoms with Gasteiger partial charge in [0.15, 0.2) is 5.78 Å². The van der Waals surface area contributed by atoms with Crippen molar-refractivity contribution in [2.75, 3.05) is 7.11 Å². The molecule has 0 aromatic rings. The van der Waals surface area contributed by atoms with Crippen molar-refractivity contribution in [1.82, 2.24) is 0 Å². The smallest absolute Gasteiger partial charge is 0.320 e. The van der Waals surface area contributed by atoms with Gasteiger partial charge >= 0.3 is 11.9 Å². The van der Waals surface area contributed by atoms with Crippen molar-refractivity contribution in [3.8, 4) is 0 Å². The number of rotatable bonds is 2. The van der Waals surface area contributed by atoms with Crippen LogP contribution in [0.4, 0.5) is 0 Å². The second-order valence-electron chi connectivity index (χ2n) is 5.94. The van der Waals surface area contributed by atoms with Crippen LogP contribution in [-0.2, 0) is 23.9 Å². The Labute approximate surface area is 117 Å². The van der Waals surface area contributed by atoms with E-state index in [2.05, 4.69) is 0 Å². The van der Waals surface area contributed by atoms with Crippen LogP contribution in [0.5, 0.6) is 0 Å². The molecule has 0 aliphatic heterocycles. The number of esters is 2. The Hall–Kier alpha value is -1.65. The highest BCUT2D eigenvalue weighted by Gasteiger charge is 2.73. The van der Waals surface area contributed by atoms with E-state index in [-0.39, 0.29) is 11.7 Å². The van der Waals surface area contributed by atoms with E-state index in [1.165, 1.54) is 20.1 Å². The molecule has 4 bridgehead atoms. The van der Waals surface area contributed by atoms with Crippen molar-refractivity contribution < 1.29 is 23.9 Å². The van der Waals surface area contributed by atoms with Crippen LogP contribution in [0.1, 0.15) is 32.6 Å². The highest BCUT2D eigenvalue weighted by atomic mass is 16.6. The minimum Gasteiger partial charge on any atom is -0.468 e. The summed E-state index contributed by atoms with van der Waals surface area (Å²) in [5.74, 6) is -1.24. The highest BCUT2D eigenvalue weighted by Crippen LogP contribution is 2.65. The van der Waals surface area contributed by atoms with E-state index in [1.54, 1.807) is 6.08 Å². The monoisotopic (exact) mass is 278 g/mol. The molecule has 0 spiro atoms. The van der Waals surface area contributed by atoms with E-state index in [0.29, 0.717) is 12.8 Å². The lowest BCUT2D eigenvalue weighted by Gasteiger charge is -2.52. The van der Waals surface area contributed by atoms with Crippen molar-refractivity contribution in [1.29, 1.82) is 0 Å². The molecule has 0 saturated heterocycles. The molecule has 0 N–H and O–H groups in total. The summed E-state index contributed by atoms with van der Waals surface area (Å²) < 4.78 is 10.6. The Morgan fingerprint density at radius 3 is 2.70 bits per heavy atom. The molecule has 0 heterocycles. The van der Waals surface area contributed by atoms with Gasteiger partial charge in [-0.25, -0.2) is 0 Å². The van der Waals surface area contributed by atoms with Crippen LogP contribution in [0.2, 0.25) is 0 Å². The molecule has 20 heavy (non-hydrogen) atoms. The SMILES string of the molecule is COC(=O)[C@@]12C=CC(=O)C3CC[C@@H]1CCC32OC(C)=O. The number of ketones is 1. The third-order valence-corrected chi connectivity index (χ3v) is 5.28. The molecular formula is C15H18O5. The second kappa shape index (κ2) is 4.17. The van der Waals surface area contributed by atoms with E-state index >= 15 is 0 Å². The number of hydrogen-bond donors (Lipinski definition) is 0. The molecule has 5 nitrogen and oxygen atoms in total. The van der Waals surface area contributed by atoms with Crippen molar-refractivity contribution in [3.05, 3.63) is 12.2 Å². The van der Waals surface area contributed by atoms with Crippen LogP contribution >= 0.6 is 0 Å². The number of carbonyl (C=O) groups is 3. The van der Waals surface area contributed by atoms with Gasteiger partial charge in [-0.15, -0.1) is 0 Å². The van der Waals surface area contributed by atoms with Gasteiger partial charge in [0.2, 0.25) is 0 Å². The van der Waals surface area contributed by atoms with Gasteiger partial charge in [0, 0.05) is 6.92 Å². The van der Waals surface area contributed by atoms with Crippen molar-refractivity contribution in [2.24, 2.45) is 17.3 Å². The first kappa shape index (κ1) is 13.3. The van der Waals surface area contributed by atoms with Crippen LogP contribution in [0.25, 0.3) is 0 Å². The molecule has 0 amide bonds. The summed E-state index contributed by atoms with van der Waals surface area (Å²) in [5.41, 5.74) is -2.02. The fourth-order valence-electron chi connectivity index (χ4n) is 4.62. The number of allylic oxidation sites excluding steroid dienone is 1. The first-order valence-electron chi connectivity index (χ1n) is 6.99. The highest BCUT2D eigenvalue weighted by molar-refractivity contribution is 5.99. The molecule has 2 unspecified atom stereocenters. The fourth-order valence-corrected chi connectivity index (χ4v) is 4.62. The Morgan fingerprint density at radius 1 is 1.30 bits per heavy atom. The van der Waals surface area contributed by atoms with Crippen molar-refractivity contribution in [2.45, 2.75) is 38.2 Å². The predicted molar refractivity (Wildman–Crippen MR) is 68.5 cm³/mol. The maximum absolute atomic E-state index is 12.5. The lowest BCUT2D eigenvalue weighted by molar-refractivity contribution is -0.200. The van der Waals surface area contributed by atoms with Crippen LogP contribution in [0.15, 0.2) is 12.2 Å². The molecule has 2 saturated carbocycles. The minimum absolute atomic E-state index is 0.0499. The summed E-state index contributed by atoms with van der Waals surface area (Å²) >= 11 is 0. The molecule has 0 radical (unpaired) electrons. The van der Waals surface area contributed by atoms with Crippen LogP contribution < -0.4 is 0 Å². The summed E-state index contributed by atoms with van der Waals surface area (Å²) in [5, 5.41) is 0. The molecule has 108 valence electrons. The zero-order chi connectivity index (χ0) is 14.5. The Kier molecular flexibility index (Phi) is 2.78. The van der Waals surface area contributed by atoms with Gasteiger partial charge in [0.1, 0.15) is 11.0 Å². The average molecular weight is 278 g/mol. The maximum Gasteiger partial charge on any atom is 0.320 e. The molecular weight excluding hydrogens is 260 g/mol. The van der Waals surface area contributed by atoms with Crippen LogP contribution in [-0.4, -0.2) is 30.4 Å². The van der Waals surface area contributed by atoms with Gasteiger partial charge in [0.05, 0.1) is 13.0 Å². The molecule has 2 fully saturated rings. The summed E-state index contributed by atoms with van der Waals surface area (Å²) in [7, 11) is 1.34. The van der Waals surface area contributed by atoms with E-state index < -0.39 is 28.9 Å². The van der Waals surface area contributed by atoms with E-state index in [1.807, 2.05) is 0 Å². The van der Waals surface area contributed by atoms with Gasteiger partial charge < -0.3 is 9.47 Å². The molecule has 5 heteroatoms. The predicted octanol–water partition coefficient (Wildman–Crippen LogP) is 1.41. The molecule has 0 aromatic carbocycles. The molecule has 4 atom stereocenters. The van der Waals surface area contributed by atoms with E-state index in [0.717, 1.165) is 12.8 Å². The number of carbonyl (C=O) groups excluding carboxylic acids is 3. The van der Waals surface area contributed by atoms with Crippen LogP contribution in [0, 0.1) is 17.3 Å². The van der Waals surface area contributed by atoms with Crippen LogP contribution in [0.3, 0.4) is 0 Å². The van der Waals surface area contributed by atoms with Gasteiger partial charge in [-0.3, -0.25) is 14.4 Å². The number of hydrogen-bond acceptors (Lipinski definition) is 5. The van der Waals surface area contributed by atoms with Gasteiger partial charge in [-0.2, -0.15) is 0 Å². The minimum atomic E-state index is -1.04. The summed E-state index contributed by atoms with van der Waals surface area (Å²) in [6.07, 6.45) is 5.89. The van der Waals surface area contributed by atoms with Gasteiger partial charge in [-0.1, -0.05) is 6.08 Å². The van der Waals surface area contributed by atoms with Gasteiger partial charge in [-0.05, 0) is 37.7 Å². The third-order valence-electron chi connectivity index (χ3n) is 5.28. The first-order chi connectivity index (χ1) is 9.48. The lowest BCUT2D eigenvalue weighted by atomic mass is 9.54. The van der Waals surface area contributed by atoms with E-state index in [4.69, 9.17) is 9.47 Å². The zero-order valence-corrected chi connectivity index (χ0v) is 11.7. The quantitative estimate of drug-likeness (QED) is 0.714. The lowest BCUT2D eigenvalue weighted by Crippen LogP contribution is -2.63. The topological polar surface area (TPSA) is 69.7 Å². The summed E-state index contributed by atoms with van der Waals surface area (Å²) in [4.78, 5) is 36.3.